The molecule has 4 rings (SSSR count). The molecule has 24 heavy (non-hydrogen) atoms. The van der Waals surface area contributed by atoms with Crippen molar-refractivity contribution >= 4 is 12.2 Å². The average molecular weight is 310 g/mol. The molecular formula is C23H18O. The summed E-state index contributed by atoms with van der Waals surface area (Å²) in [5.74, 6) is 0.934. The first kappa shape index (κ1) is 14.5. The Kier molecular flexibility index (Phi) is 3.99. The van der Waals surface area contributed by atoms with Gasteiger partial charge in [-0.15, -0.1) is 0 Å². The van der Waals surface area contributed by atoms with E-state index in [4.69, 9.17) is 4.74 Å². The summed E-state index contributed by atoms with van der Waals surface area (Å²) in [7, 11) is 0. The summed E-state index contributed by atoms with van der Waals surface area (Å²) < 4.78 is 6.30. The quantitative estimate of drug-likeness (QED) is 0.583. The minimum atomic E-state index is -0.0823. The maximum Gasteiger partial charge on any atom is 0.149 e. The van der Waals surface area contributed by atoms with Gasteiger partial charge in [-0.1, -0.05) is 91.0 Å². The van der Waals surface area contributed by atoms with E-state index >= 15 is 0 Å². The second-order valence-electron chi connectivity index (χ2n) is 5.83. The van der Waals surface area contributed by atoms with E-state index in [1.807, 2.05) is 30.3 Å². The zero-order valence-electron chi connectivity index (χ0n) is 13.3. The SMILES string of the molecule is C1=C(/C=C\c2ccccc2)C(c2ccccc2)Oc2ccccc21. The zero-order valence-corrected chi connectivity index (χ0v) is 13.3. The molecule has 0 spiro atoms. The largest absolute Gasteiger partial charge is 0.480 e. The van der Waals surface area contributed by atoms with Crippen LogP contribution in [-0.4, -0.2) is 0 Å². The molecule has 0 fully saturated rings. The predicted molar refractivity (Wildman–Crippen MR) is 99.7 cm³/mol. The van der Waals surface area contributed by atoms with Crippen molar-refractivity contribution in [2.45, 2.75) is 6.10 Å². The number of rotatable bonds is 3. The van der Waals surface area contributed by atoms with Gasteiger partial charge in [-0.2, -0.15) is 0 Å². The molecule has 1 nitrogen and oxygen atoms in total. The summed E-state index contributed by atoms with van der Waals surface area (Å²) in [6.45, 7) is 0. The molecule has 1 unspecified atom stereocenters. The molecule has 1 heterocycles. The lowest BCUT2D eigenvalue weighted by Gasteiger charge is -2.26. The highest BCUT2D eigenvalue weighted by molar-refractivity contribution is 5.68. The van der Waals surface area contributed by atoms with Crippen LogP contribution in [0.2, 0.25) is 0 Å². The van der Waals surface area contributed by atoms with Crippen molar-refractivity contribution < 1.29 is 4.74 Å². The van der Waals surface area contributed by atoms with E-state index < -0.39 is 0 Å². The zero-order chi connectivity index (χ0) is 16.2. The van der Waals surface area contributed by atoms with Crippen molar-refractivity contribution in [3.8, 4) is 5.75 Å². The Morgan fingerprint density at radius 3 is 2.12 bits per heavy atom. The Morgan fingerprint density at radius 1 is 0.667 bits per heavy atom. The molecule has 116 valence electrons. The van der Waals surface area contributed by atoms with Gasteiger partial charge >= 0.3 is 0 Å². The fourth-order valence-corrected chi connectivity index (χ4v) is 2.94. The summed E-state index contributed by atoms with van der Waals surface area (Å²) in [4.78, 5) is 0. The van der Waals surface area contributed by atoms with Crippen molar-refractivity contribution in [1.82, 2.24) is 0 Å². The lowest BCUT2D eigenvalue weighted by Crippen LogP contribution is -2.13. The van der Waals surface area contributed by atoms with Crippen LogP contribution in [0, 0.1) is 0 Å². The first-order chi connectivity index (χ1) is 11.9. The smallest absolute Gasteiger partial charge is 0.149 e. The van der Waals surface area contributed by atoms with Crippen LogP contribution in [0.3, 0.4) is 0 Å². The molecule has 3 aromatic rings. The first-order valence-electron chi connectivity index (χ1n) is 8.15. The number of ether oxygens (including phenoxy) is 1. The molecule has 1 aliphatic rings. The highest BCUT2D eigenvalue weighted by Gasteiger charge is 2.22. The third kappa shape index (κ3) is 3.02. The van der Waals surface area contributed by atoms with Crippen molar-refractivity contribution in [3.05, 3.63) is 113 Å². The third-order valence-corrected chi connectivity index (χ3v) is 4.16. The maximum absolute atomic E-state index is 6.30. The minimum absolute atomic E-state index is 0.0823. The summed E-state index contributed by atoms with van der Waals surface area (Å²) in [5.41, 5.74) is 4.63. The molecule has 0 bridgehead atoms. The monoisotopic (exact) mass is 310 g/mol. The molecule has 0 amide bonds. The van der Waals surface area contributed by atoms with Gasteiger partial charge in [0, 0.05) is 5.56 Å². The van der Waals surface area contributed by atoms with Gasteiger partial charge in [-0.05, 0) is 28.8 Å². The Balaban J connectivity index is 1.74. The number of hydrogen-bond donors (Lipinski definition) is 0. The highest BCUT2D eigenvalue weighted by atomic mass is 16.5. The molecule has 1 aliphatic heterocycles. The van der Waals surface area contributed by atoms with Gasteiger partial charge in [-0.3, -0.25) is 0 Å². The van der Waals surface area contributed by atoms with Crippen molar-refractivity contribution in [2.75, 3.05) is 0 Å². The normalized spacial score (nSPS) is 16.3. The van der Waals surface area contributed by atoms with Gasteiger partial charge in [0.05, 0.1) is 0 Å². The van der Waals surface area contributed by atoms with Crippen LogP contribution in [0.4, 0.5) is 0 Å². The van der Waals surface area contributed by atoms with E-state index in [0.717, 1.165) is 22.4 Å². The number of benzene rings is 3. The summed E-state index contributed by atoms with van der Waals surface area (Å²) >= 11 is 0. The molecule has 1 heteroatoms. The van der Waals surface area contributed by atoms with Gasteiger partial charge in [0.25, 0.3) is 0 Å². The van der Waals surface area contributed by atoms with Crippen molar-refractivity contribution in [3.63, 3.8) is 0 Å². The average Bonchev–Trinajstić information content (AvgIpc) is 2.67. The molecule has 0 saturated heterocycles. The van der Waals surface area contributed by atoms with Gasteiger partial charge in [0.1, 0.15) is 11.9 Å². The second kappa shape index (κ2) is 6.59. The Labute approximate surface area is 142 Å². The van der Waals surface area contributed by atoms with Crippen molar-refractivity contribution in [2.24, 2.45) is 0 Å². The van der Waals surface area contributed by atoms with E-state index in [2.05, 4.69) is 72.8 Å². The summed E-state index contributed by atoms with van der Waals surface area (Å²) in [6.07, 6.45) is 6.43. The molecule has 0 aromatic heterocycles. The molecular weight excluding hydrogens is 292 g/mol. The van der Waals surface area contributed by atoms with E-state index in [-0.39, 0.29) is 6.10 Å². The lowest BCUT2D eigenvalue weighted by atomic mass is 9.95. The summed E-state index contributed by atoms with van der Waals surface area (Å²) in [5, 5.41) is 0. The second-order valence-corrected chi connectivity index (χ2v) is 5.83. The first-order valence-corrected chi connectivity index (χ1v) is 8.15. The molecule has 3 aromatic carbocycles. The van der Waals surface area contributed by atoms with Crippen LogP contribution in [0.5, 0.6) is 5.75 Å². The van der Waals surface area contributed by atoms with Crippen LogP contribution in [0.1, 0.15) is 22.8 Å². The van der Waals surface area contributed by atoms with Gasteiger partial charge in [0.15, 0.2) is 0 Å². The number of para-hydroxylation sites is 1. The topological polar surface area (TPSA) is 9.23 Å². The highest BCUT2D eigenvalue weighted by Crippen LogP contribution is 2.37. The molecule has 1 atom stereocenters. The summed E-state index contributed by atoms with van der Waals surface area (Å²) in [6, 6.07) is 28.9. The molecule has 0 N–H and O–H groups in total. The van der Waals surface area contributed by atoms with Crippen LogP contribution >= 0.6 is 0 Å². The van der Waals surface area contributed by atoms with Crippen molar-refractivity contribution in [1.29, 1.82) is 0 Å². The van der Waals surface area contributed by atoms with Gasteiger partial charge < -0.3 is 4.74 Å². The van der Waals surface area contributed by atoms with Crippen LogP contribution in [0.15, 0.2) is 96.6 Å². The van der Waals surface area contributed by atoms with Crippen LogP contribution in [-0.2, 0) is 0 Å². The number of fused-ring (bicyclic) bond motifs is 1. The van der Waals surface area contributed by atoms with Crippen LogP contribution in [0.25, 0.3) is 12.2 Å². The maximum atomic E-state index is 6.30. The van der Waals surface area contributed by atoms with Gasteiger partial charge in [-0.25, -0.2) is 0 Å². The molecule has 0 saturated carbocycles. The third-order valence-electron chi connectivity index (χ3n) is 4.16. The Bertz CT molecular complexity index is 876. The Hall–Kier alpha value is -3.06. The van der Waals surface area contributed by atoms with E-state index in [9.17, 15) is 0 Å². The lowest BCUT2D eigenvalue weighted by molar-refractivity contribution is 0.243. The molecule has 0 aliphatic carbocycles. The molecule has 0 radical (unpaired) electrons. The van der Waals surface area contributed by atoms with E-state index in [0.29, 0.717) is 0 Å². The predicted octanol–water partition coefficient (Wildman–Crippen LogP) is 5.92. The standard InChI is InChI=1S/C23H18O/c1-3-9-18(10-4-1)15-16-21-17-20-13-7-8-14-22(20)24-23(21)19-11-5-2-6-12-19/h1-17,23H/b16-15-. The van der Waals surface area contributed by atoms with E-state index in [1.54, 1.807) is 0 Å². The Morgan fingerprint density at radius 2 is 1.33 bits per heavy atom. The number of hydrogen-bond acceptors (Lipinski definition) is 1. The van der Waals surface area contributed by atoms with Crippen LogP contribution < -0.4 is 4.74 Å². The minimum Gasteiger partial charge on any atom is -0.480 e. The van der Waals surface area contributed by atoms with Gasteiger partial charge in [0.2, 0.25) is 0 Å². The van der Waals surface area contributed by atoms with E-state index in [1.165, 1.54) is 5.56 Å². The fourth-order valence-electron chi connectivity index (χ4n) is 2.94. The fraction of sp³-hybridized carbons (Fsp3) is 0.0435.